The molecule has 5 aliphatic heterocycles. The number of benzene rings is 3. The Morgan fingerprint density at radius 2 is 1.89 bits per heavy atom. The molecule has 0 saturated carbocycles. The molecule has 3 saturated heterocycles. The van der Waals surface area contributed by atoms with E-state index in [1.165, 1.54) is 0 Å². The van der Waals surface area contributed by atoms with Gasteiger partial charge in [-0.15, -0.1) is 0 Å². The Morgan fingerprint density at radius 1 is 1.02 bits per heavy atom. The van der Waals surface area contributed by atoms with Crippen LogP contribution < -0.4 is 19.7 Å². The third-order valence-corrected chi connectivity index (χ3v) is 11.8. The van der Waals surface area contributed by atoms with Crippen molar-refractivity contribution < 1.29 is 32.5 Å². The van der Waals surface area contributed by atoms with Crippen LogP contribution in [0, 0.1) is 5.82 Å². The molecule has 3 fully saturated rings. The average Bonchev–Trinajstić information content (AvgIpc) is 3.72. The summed E-state index contributed by atoms with van der Waals surface area (Å²) in [5, 5.41) is 5.17. The Hall–Kier alpha value is -5.14. The Balaban J connectivity index is 1.15. The van der Waals surface area contributed by atoms with Crippen molar-refractivity contribution in [3.63, 3.8) is 0 Å². The molecule has 13 heteroatoms. The van der Waals surface area contributed by atoms with Crippen molar-refractivity contribution >= 4 is 33.6 Å². The van der Waals surface area contributed by atoms with Gasteiger partial charge in [-0.3, -0.25) is 9.88 Å². The summed E-state index contributed by atoms with van der Waals surface area (Å²) in [4.78, 5) is 31.8. The number of alkyl carbamates (subject to hydrolysis) is 1. The number of carbonyl (C=O) groups is 1. The van der Waals surface area contributed by atoms with Crippen molar-refractivity contribution in [1.82, 2.24) is 25.2 Å². The van der Waals surface area contributed by atoms with Crippen molar-refractivity contribution in [1.29, 1.82) is 0 Å². The Kier molecular flexibility index (Phi) is 9.82. The van der Waals surface area contributed by atoms with Gasteiger partial charge in [0.2, 0.25) is 0 Å². The van der Waals surface area contributed by atoms with Gasteiger partial charge in [-0.1, -0.05) is 48.5 Å². The lowest BCUT2D eigenvalue weighted by molar-refractivity contribution is 0.00514. The molecular weight excluding hydrogens is 719 g/mol. The lowest BCUT2D eigenvalue weighted by Crippen LogP contribution is -2.57. The zero-order chi connectivity index (χ0) is 38.3. The molecule has 1 N–H and O–H groups in total. The first-order chi connectivity index (χ1) is 27.3. The lowest BCUT2D eigenvalue weighted by Gasteiger charge is -2.41. The number of anilines is 1. The van der Waals surface area contributed by atoms with Gasteiger partial charge < -0.3 is 29.2 Å². The van der Waals surface area contributed by atoms with Crippen LogP contribution in [0.15, 0.2) is 66.9 Å². The van der Waals surface area contributed by atoms with Gasteiger partial charge in [-0.25, -0.2) is 13.6 Å². The standard InChI is InChI=1S/C43H46F2N6O5/c1-42-14-7-16-50(25-42)39-34-22-46-37(36(45)38(34)47-40(48-39)55-26-43-15-8-17-51(43)23-31(44)21-43)33-20-32(56-27-53-24-28-9-3-2-4-10-28)19-30-12-5-11-29(35(30)33)13-6-18-54-41(52)49-42/h2-5,9-12,19-20,22,31H,6-8,13-18,21,23-27H2,1H3,(H,49,52)/t31-,42-,43+/m1/s1. The van der Waals surface area contributed by atoms with Crippen molar-refractivity contribution in [2.45, 2.75) is 75.7 Å². The fourth-order valence-electron chi connectivity index (χ4n) is 9.19. The summed E-state index contributed by atoms with van der Waals surface area (Å²) in [5.41, 5.74) is 1.60. The quantitative estimate of drug-likeness (QED) is 0.126. The number of nitrogens with zero attached hydrogens (tertiary/aromatic N) is 5. The molecule has 7 heterocycles. The van der Waals surface area contributed by atoms with Gasteiger partial charge in [0.25, 0.3) is 0 Å². The molecule has 0 unspecified atom stereocenters. The van der Waals surface area contributed by atoms with Gasteiger partial charge >= 0.3 is 12.1 Å². The second-order valence-electron chi connectivity index (χ2n) is 15.9. The molecule has 6 bridgehead atoms. The van der Waals surface area contributed by atoms with E-state index in [1.54, 1.807) is 12.3 Å². The minimum Gasteiger partial charge on any atom is -0.467 e. The van der Waals surface area contributed by atoms with Crippen LogP contribution in [-0.4, -0.2) is 89.4 Å². The number of ether oxygens (including phenoxy) is 4. The number of carbonyl (C=O) groups excluding carboxylic acids is 1. The summed E-state index contributed by atoms with van der Waals surface area (Å²) < 4.78 is 56.2. The molecule has 11 nitrogen and oxygen atoms in total. The molecule has 0 spiro atoms. The summed E-state index contributed by atoms with van der Waals surface area (Å²) in [6.45, 7) is 4.97. The number of aryl methyl sites for hydroxylation is 1. The number of aromatic nitrogens is 3. The average molecular weight is 765 g/mol. The molecule has 292 valence electrons. The Morgan fingerprint density at radius 3 is 2.79 bits per heavy atom. The van der Waals surface area contributed by atoms with Crippen LogP contribution in [0.1, 0.15) is 56.6 Å². The summed E-state index contributed by atoms with van der Waals surface area (Å²) in [5.74, 6) is 0.339. The van der Waals surface area contributed by atoms with E-state index in [0.29, 0.717) is 68.0 Å². The number of alkyl halides is 1. The maximum Gasteiger partial charge on any atom is 0.407 e. The minimum absolute atomic E-state index is 0.0132. The highest BCUT2D eigenvalue weighted by atomic mass is 19.1. The van der Waals surface area contributed by atoms with Gasteiger partial charge in [0.15, 0.2) is 12.6 Å². The predicted molar refractivity (Wildman–Crippen MR) is 208 cm³/mol. The summed E-state index contributed by atoms with van der Waals surface area (Å²) in [6.07, 6.45) is 4.99. The number of hydrogen-bond acceptors (Lipinski definition) is 10. The molecule has 5 aromatic rings. The van der Waals surface area contributed by atoms with Crippen molar-refractivity contribution in [2.75, 3.05) is 51.1 Å². The van der Waals surface area contributed by atoms with Crippen LogP contribution in [0.2, 0.25) is 0 Å². The lowest BCUT2D eigenvalue weighted by atomic mass is 9.91. The van der Waals surface area contributed by atoms with Gasteiger partial charge in [0, 0.05) is 37.8 Å². The van der Waals surface area contributed by atoms with E-state index in [2.05, 4.69) is 10.2 Å². The largest absolute Gasteiger partial charge is 0.467 e. The number of nitrogens with one attached hydrogen (secondary N) is 1. The van der Waals surface area contributed by atoms with Crippen LogP contribution >= 0.6 is 0 Å². The van der Waals surface area contributed by atoms with Crippen molar-refractivity contribution in [3.05, 3.63) is 83.8 Å². The van der Waals surface area contributed by atoms with E-state index in [-0.39, 0.29) is 37.2 Å². The zero-order valence-corrected chi connectivity index (χ0v) is 31.6. The van der Waals surface area contributed by atoms with E-state index < -0.39 is 29.2 Å². The molecule has 3 atom stereocenters. The maximum atomic E-state index is 17.5. The van der Waals surface area contributed by atoms with Crippen LogP contribution in [0.5, 0.6) is 11.8 Å². The number of hydrogen-bond donors (Lipinski definition) is 1. The number of fused-ring (bicyclic) bond motifs is 7. The predicted octanol–water partition coefficient (Wildman–Crippen LogP) is 7.52. The first-order valence-corrected chi connectivity index (χ1v) is 19.6. The molecule has 10 rings (SSSR count). The van der Waals surface area contributed by atoms with Crippen molar-refractivity contribution in [3.8, 4) is 23.0 Å². The fraction of sp³-hybridized carbons (Fsp3) is 0.442. The van der Waals surface area contributed by atoms with E-state index in [4.69, 9.17) is 33.9 Å². The molecule has 0 aliphatic carbocycles. The van der Waals surface area contributed by atoms with Crippen LogP contribution in [-0.2, 0) is 22.5 Å². The fourth-order valence-corrected chi connectivity index (χ4v) is 9.19. The second kappa shape index (κ2) is 15.1. The zero-order valence-electron chi connectivity index (χ0n) is 31.6. The molecule has 5 aliphatic rings. The van der Waals surface area contributed by atoms with E-state index >= 15 is 4.39 Å². The monoisotopic (exact) mass is 764 g/mol. The first-order valence-electron chi connectivity index (χ1n) is 19.6. The van der Waals surface area contributed by atoms with Gasteiger partial charge in [-0.2, -0.15) is 9.97 Å². The number of amides is 1. The van der Waals surface area contributed by atoms with Gasteiger partial charge in [0.05, 0.1) is 29.7 Å². The smallest absolute Gasteiger partial charge is 0.407 e. The summed E-state index contributed by atoms with van der Waals surface area (Å²) >= 11 is 0. The first kappa shape index (κ1) is 36.5. The maximum absolute atomic E-state index is 17.5. The number of rotatable bonds is 8. The molecular formula is C43H46F2N6O5. The molecule has 56 heavy (non-hydrogen) atoms. The van der Waals surface area contributed by atoms with E-state index in [0.717, 1.165) is 54.1 Å². The van der Waals surface area contributed by atoms with Crippen molar-refractivity contribution in [2.24, 2.45) is 0 Å². The highest BCUT2D eigenvalue weighted by Crippen LogP contribution is 2.42. The summed E-state index contributed by atoms with van der Waals surface area (Å²) in [6, 6.07) is 19.5. The SMILES string of the molecule is C[C@@]12CCCN(C1)c1nc(OC[C@@]34CCCN3C[C@H](F)C4)nc3c(F)c(ncc13)-c1cc(OCOCc3ccccc3)cc3cccc(c13)CCCOC(=O)N2. The number of halogens is 2. The number of piperidine rings is 1. The number of pyridine rings is 1. The Bertz CT molecular complexity index is 2260. The normalized spacial score (nSPS) is 23.9. The molecule has 2 aromatic heterocycles. The van der Waals surface area contributed by atoms with E-state index in [1.807, 2.05) is 66.4 Å². The van der Waals surface area contributed by atoms with Gasteiger partial charge in [-0.05, 0) is 86.0 Å². The Labute approximate surface area is 324 Å². The van der Waals surface area contributed by atoms with Crippen LogP contribution in [0.4, 0.5) is 19.4 Å². The van der Waals surface area contributed by atoms with Gasteiger partial charge in [0.1, 0.15) is 35.6 Å². The third kappa shape index (κ3) is 7.18. The molecule has 0 radical (unpaired) electrons. The summed E-state index contributed by atoms with van der Waals surface area (Å²) in [7, 11) is 0. The minimum atomic E-state index is -0.922. The molecule has 1 amide bonds. The third-order valence-electron chi connectivity index (χ3n) is 11.8. The molecule has 3 aromatic carbocycles. The highest BCUT2D eigenvalue weighted by molar-refractivity contribution is 6.01. The van der Waals surface area contributed by atoms with Crippen LogP contribution in [0.25, 0.3) is 32.9 Å². The second-order valence-corrected chi connectivity index (χ2v) is 15.9. The van der Waals surface area contributed by atoms with Crippen LogP contribution in [0.3, 0.4) is 0 Å². The highest BCUT2D eigenvalue weighted by Gasteiger charge is 2.49. The topological polar surface area (TPSA) is 111 Å². The van der Waals surface area contributed by atoms with E-state index in [9.17, 15) is 9.18 Å².